The SMILES string of the molecule is CCc1ccc(C(Cl)c2ccc(CC)c(CC)c2)cc1. The van der Waals surface area contributed by atoms with Crippen molar-refractivity contribution in [2.24, 2.45) is 0 Å². The molecule has 0 amide bonds. The zero-order valence-corrected chi connectivity index (χ0v) is 13.4. The lowest BCUT2D eigenvalue weighted by atomic mass is 9.96. The van der Waals surface area contributed by atoms with Gasteiger partial charge in [-0.2, -0.15) is 0 Å². The molecule has 0 fully saturated rings. The van der Waals surface area contributed by atoms with Gasteiger partial charge in [0, 0.05) is 0 Å². The Kier molecular flexibility index (Phi) is 5.25. The predicted octanol–water partition coefficient (Wildman–Crippen LogP) is 5.70. The van der Waals surface area contributed by atoms with Crippen molar-refractivity contribution < 1.29 is 0 Å². The van der Waals surface area contributed by atoms with Crippen LogP contribution in [0.25, 0.3) is 0 Å². The molecule has 0 saturated carbocycles. The van der Waals surface area contributed by atoms with Crippen LogP contribution >= 0.6 is 11.6 Å². The van der Waals surface area contributed by atoms with E-state index < -0.39 is 0 Å². The van der Waals surface area contributed by atoms with E-state index in [1.165, 1.54) is 27.8 Å². The van der Waals surface area contributed by atoms with Gasteiger partial charge in [0.25, 0.3) is 0 Å². The van der Waals surface area contributed by atoms with Crippen molar-refractivity contribution in [1.82, 2.24) is 0 Å². The summed E-state index contributed by atoms with van der Waals surface area (Å²) in [5, 5.41) is -0.0582. The van der Waals surface area contributed by atoms with E-state index in [1.807, 2.05) is 0 Å². The molecule has 1 atom stereocenters. The molecule has 1 unspecified atom stereocenters. The van der Waals surface area contributed by atoms with Gasteiger partial charge in [0.15, 0.2) is 0 Å². The number of rotatable bonds is 5. The summed E-state index contributed by atoms with van der Waals surface area (Å²) >= 11 is 6.65. The molecular formula is C19H23Cl. The Labute approximate surface area is 127 Å². The smallest absolute Gasteiger partial charge is 0.0835 e. The average Bonchev–Trinajstić information content (AvgIpc) is 2.53. The lowest BCUT2D eigenvalue weighted by molar-refractivity contribution is 1.01. The summed E-state index contributed by atoms with van der Waals surface area (Å²) in [6, 6.07) is 15.3. The molecule has 106 valence electrons. The first kappa shape index (κ1) is 15.1. The van der Waals surface area contributed by atoms with Crippen LogP contribution in [0.5, 0.6) is 0 Å². The third-order valence-corrected chi connectivity index (χ3v) is 4.47. The lowest BCUT2D eigenvalue weighted by Gasteiger charge is -2.14. The molecular weight excluding hydrogens is 264 g/mol. The number of halogens is 1. The van der Waals surface area contributed by atoms with Gasteiger partial charge in [-0.25, -0.2) is 0 Å². The number of hydrogen-bond acceptors (Lipinski definition) is 0. The highest BCUT2D eigenvalue weighted by Crippen LogP contribution is 2.30. The van der Waals surface area contributed by atoms with Crippen molar-refractivity contribution in [2.45, 2.75) is 45.4 Å². The molecule has 0 aliphatic rings. The zero-order chi connectivity index (χ0) is 14.5. The zero-order valence-electron chi connectivity index (χ0n) is 12.6. The fourth-order valence-corrected chi connectivity index (χ4v) is 2.87. The first-order chi connectivity index (χ1) is 9.69. The van der Waals surface area contributed by atoms with Gasteiger partial charge < -0.3 is 0 Å². The number of hydrogen-bond donors (Lipinski definition) is 0. The fraction of sp³-hybridized carbons (Fsp3) is 0.368. The summed E-state index contributed by atoms with van der Waals surface area (Å²) in [5.74, 6) is 0. The standard InChI is InChI=1S/C19H23Cl/c1-4-14-7-9-17(10-8-14)19(20)18-12-11-15(5-2)16(6-3)13-18/h7-13,19H,4-6H2,1-3H3. The van der Waals surface area contributed by atoms with Gasteiger partial charge in [0.05, 0.1) is 5.38 Å². The Hall–Kier alpha value is -1.27. The number of alkyl halides is 1. The highest BCUT2D eigenvalue weighted by molar-refractivity contribution is 6.22. The van der Waals surface area contributed by atoms with E-state index in [9.17, 15) is 0 Å². The van der Waals surface area contributed by atoms with E-state index in [4.69, 9.17) is 11.6 Å². The molecule has 2 aromatic rings. The Morgan fingerprint density at radius 1 is 0.750 bits per heavy atom. The molecule has 2 rings (SSSR count). The highest BCUT2D eigenvalue weighted by Gasteiger charge is 2.12. The van der Waals surface area contributed by atoms with Gasteiger partial charge in [0.1, 0.15) is 0 Å². The third-order valence-electron chi connectivity index (χ3n) is 3.97. The van der Waals surface area contributed by atoms with E-state index in [2.05, 4.69) is 63.2 Å². The summed E-state index contributed by atoms with van der Waals surface area (Å²) < 4.78 is 0. The van der Waals surface area contributed by atoms with Crippen molar-refractivity contribution in [2.75, 3.05) is 0 Å². The number of benzene rings is 2. The Balaban J connectivity index is 2.29. The number of aryl methyl sites for hydroxylation is 3. The first-order valence-corrected chi connectivity index (χ1v) is 7.97. The minimum atomic E-state index is -0.0582. The lowest BCUT2D eigenvalue weighted by Crippen LogP contribution is -1.98. The first-order valence-electron chi connectivity index (χ1n) is 7.54. The largest absolute Gasteiger partial charge is 0.113 e. The van der Waals surface area contributed by atoms with Crippen LogP contribution in [0.15, 0.2) is 42.5 Å². The third kappa shape index (κ3) is 3.24. The summed E-state index contributed by atoms with van der Waals surface area (Å²) in [6.07, 6.45) is 3.22. The van der Waals surface area contributed by atoms with Gasteiger partial charge in [-0.1, -0.05) is 63.2 Å². The van der Waals surface area contributed by atoms with Gasteiger partial charge in [0.2, 0.25) is 0 Å². The Morgan fingerprint density at radius 3 is 1.90 bits per heavy atom. The maximum Gasteiger partial charge on any atom is 0.0835 e. The molecule has 0 radical (unpaired) electrons. The molecule has 0 aliphatic carbocycles. The monoisotopic (exact) mass is 286 g/mol. The molecule has 0 aromatic heterocycles. The molecule has 0 spiro atoms. The quantitative estimate of drug-likeness (QED) is 0.618. The van der Waals surface area contributed by atoms with Crippen LogP contribution in [0.3, 0.4) is 0 Å². The van der Waals surface area contributed by atoms with Crippen molar-refractivity contribution in [1.29, 1.82) is 0 Å². The van der Waals surface area contributed by atoms with Crippen LogP contribution in [-0.4, -0.2) is 0 Å². The minimum absolute atomic E-state index is 0.0582. The van der Waals surface area contributed by atoms with Gasteiger partial charge in [-0.3, -0.25) is 0 Å². The van der Waals surface area contributed by atoms with E-state index in [-0.39, 0.29) is 5.38 Å². The van der Waals surface area contributed by atoms with E-state index >= 15 is 0 Å². The molecule has 20 heavy (non-hydrogen) atoms. The van der Waals surface area contributed by atoms with Gasteiger partial charge in [-0.05, 0) is 47.1 Å². The topological polar surface area (TPSA) is 0 Å². The average molecular weight is 287 g/mol. The molecule has 0 saturated heterocycles. The van der Waals surface area contributed by atoms with Crippen molar-refractivity contribution in [3.05, 3.63) is 70.3 Å². The van der Waals surface area contributed by atoms with Crippen LogP contribution < -0.4 is 0 Å². The maximum atomic E-state index is 6.65. The fourth-order valence-electron chi connectivity index (χ4n) is 2.59. The van der Waals surface area contributed by atoms with Crippen LogP contribution in [-0.2, 0) is 19.3 Å². The Bertz CT molecular complexity index is 554. The van der Waals surface area contributed by atoms with Gasteiger partial charge >= 0.3 is 0 Å². The highest BCUT2D eigenvalue weighted by atomic mass is 35.5. The molecule has 0 aliphatic heterocycles. The van der Waals surface area contributed by atoms with Crippen molar-refractivity contribution >= 4 is 11.6 Å². The van der Waals surface area contributed by atoms with Crippen LogP contribution in [0.1, 0.15) is 54.0 Å². The molecule has 2 aromatic carbocycles. The normalized spacial score (nSPS) is 12.4. The van der Waals surface area contributed by atoms with Crippen molar-refractivity contribution in [3.8, 4) is 0 Å². The summed E-state index contributed by atoms with van der Waals surface area (Å²) in [6.45, 7) is 6.58. The molecule has 0 heterocycles. The summed E-state index contributed by atoms with van der Waals surface area (Å²) in [5.41, 5.74) is 6.58. The minimum Gasteiger partial charge on any atom is -0.113 e. The van der Waals surface area contributed by atoms with Crippen LogP contribution in [0.2, 0.25) is 0 Å². The molecule has 0 nitrogen and oxygen atoms in total. The Morgan fingerprint density at radius 2 is 1.35 bits per heavy atom. The second-order valence-electron chi connectivity index (χ2n) is 5.19. The second-order valence-corrected chi connectivity index (χ2v) is 5.63. The predicted molar refractivity (Wildman–Crippen MR) is 88.7 cm³/mol. The summed E-state index contributed by atoms with van der Waals surface area (Å²) in [4.78, 5) is 0. The summed E-state index contributed by atoms with van der Waals surface area (Å²) in [7, 11) is 0. The molecule has 1 heteroatoms. The van der Waals surface area contributed by atoms with Crippen LogP contribution in [0, 0.1) is 0 Å². The molecule has 0 N–H and O–H groups in total. The van der Waals surface area contributed by atoms with E-state index in [1.54, 1.807) is 0 Å². The maximum absolute atomic E-state index is 6.65. The second kappa shape index (κ2) is 6.95. The van der Waals surface area contributed by atoms with E-state index in [0.717, 1.165) is 19.3 Å². The van der Waals surface area contributed by atoms with E-state index in [0.29, 0.717) is 0 Å². The van der Waals surface area contributed by atoms with Crippen molar-refractivity contribution in [3.63, 3.8) is 0 Å². The van der Waals surface area contributed by atoms with Gasteiger partial charge in [-0.15, -0.1) is 11.6 Å². The molecule has 0 bridgehead atoms. The van der Waals surface area contributed by atoms with Crippen LogP contribution in [0.4, 0.5) is 0 Å².